The van der Waals surface area contributed by atoms with Crippen LogP contribution >= 0.6 is 0 Å². The molecule has 7 heteroatoms. The number of non-ortho nitro benzene ring substituents is 1. The van der Waals surface area contributed by atoms with Crippen molar-refractivity contribution in [2.45, 2.75) is 26.7 Å². The topological polar surface area (TPSA) is 87.5 Å². The number of hydrogen-bond acceptors (Lipinski definition) is 5. The van der Waals surface area contributed by atoms with Gasteiger partial charge in [0.2, 0.25) is 0 Å². The van der Waals surface area contributed by atoms with E-state index in [0.29, 0.717) is 11.3 Å². The molecular weight excluding hydrogens is 320 g/mol. The van der Waals surface area contributed by atoms with Crippen LogP contribution < -0.4 is 10.6 Å². The van der Waals surface area contributed by atoms with Gasteiger partial charge in [0.15, 0.2) is 0 Å². The molecule has 7 nitrogen and oxygen atoms in total. The van der Waals surface area contributed by atoms with Gasteiger partial charge in [-0.2, -0.15) is 0 Å². The zero-order chi connectivity index (χ0) is 18.4. The number of carbonyl (C=O) groups excluding carboxylic acids is 1. The molecule has 138 valence electrons. The van der Waals surface area contributed by atoms with Crippen molar-refractivity contribution in [1.29, 1.82) is 0 Å². The van der Waals surface area contributed by atoms with E-state index in [1.165, 1.54) is 25.6 Å². The Morgan fingerprint density at radius 1 is 1.32 bits per heavy atom. The van der Waals surface area contributed by atoms with Crippen LogP contribution in [0.3, 0.4) is 0 Å². The standard InChI is InChI=1S/C18H28N4O3/c1-13-9-14(2)12-21(11-13)8-4-7-20-17-6-5-15(22(24)25)10-16(17)18(23)19-3/h5-6,10,13-14,20H,4,7-9,11-12H2,1-3H3,(H,19,23). The number of nitro benzene ring substituents is 1. The number of benzene rings is 1. The zero-order valence-corrected chi connectivity index (χ0v) is 15.2. The van der Waals surface area contributed by atoms with E-state index in [-0.39, 0.29) is 11.6 Å². The molecule has 0 saturated carbocycles. The lowest BCUT2D eigenvalue weighted by molar-refractivity contribution is -0.384. The molecule has 25 heavy (non-hydrogen) atoms. The van der Waals surface area contributed by atoms with Crippen molar-refractivity contribution < 1.29 is 9.72 Å². The fourth-order valence-corrected chi connectivity index (χ4v) is 3.62. The van der Waals surface area contributed by atoms with Gasteiger partial charge in [0.05, 0.1) is 10.5 Å². The summed E-state index contributed by atoms with van der Waals surface area (Å²) in [5.41, 5.74) is 0.850. The molecule has 0 bridgehead atoms. The lowest BCUT2D eigenvalue weighted by Crippen LogP contribution is -2.39. The fourth-order valence-electron chi connectivity index (χ4n) is 3.62. The van der Waals surface area contributed by atoms with Gasteiger partial charge < -0.3 is 15.5 Å². The lowest BCUT2D eigenvalue weighted by atomic mass is 9.92. The van der Waals surface area contributed by atoms with Crippen LogP contribution in [-0.2, 0) is 0 Å². The van der Waals surface area contributed by atoms with Crippen molar-refractivity contribution in [2.24, 2.45) is 11.8 Å². The summed E-state index contributed by atoms with van der Waals surface area (Å²) in [6, 6.07) is 4.34. The molecule has 0 aliphatic carbocycles. The number of hydrogen-bond donors (Lipinski definition) is 2. The molecule has 1 aliphatic heterocycles. The molecule has 2 N–H and O–H groups in total. The lowest BCUT2D eigenvalue weighted by Gasteiger charge is -2.35. The Morgan fingerprint density at radius 2 is 2.00 bits per heavy atom. The first-order valence-electron chi connectivity index (χ1n) is 8.87. The van der Waals surface area contributed by atoms with Gasteiger partial charge in [-0.15, -0.1) is 0 Å². The van der Waals surface area contributed by atoms with Crippen LogP contribution in [0.15, 0.2) is 18.2 Å². The van der Waals surface area contributed by atoms with E-state index in [1.807, 2.05) is 0 Å². The van der Waals surface area contributed by atoms with Crippen LogP contribution in [-0.4, -0.2) is 49.0 Å². The molecule has 1 heterocycles. The number of likely N-dealkylation sites (tertiary alicyclic amines) is 1. The van der Waals surface area contributed by atoms with E-state index in [2.05, 4.69) is 29.4 Å². The van der Waals surface area contributed by atoms with Crippen LogP contribution in [0.25, 0.3) is 0 Å². The molecular formula is C18H28N4O3. The van der Waals surface area contributed by atoms with Gasteiger partial charge in [0.25, 0.3) is 11.6 Å². The number of carbonyl (C=O) groups is 1. The Bertz CT molecular complexity index is 610. The van der Waals surface area contributed by atoms with Crippen molar-refractivity contribution >= 4 is 17.3 Å². The molecule has 2 atom stereocenters. The van der Waals surface area contributed by atoms with Crippen LogP contribution in [0, 0.1) is 22.0 Å². The molecule has 0 radical (unpaired) electrons. The Kier molecular flexibility index (Phi) is 6.75. The van der Waals surface area contributed by atoms with Crippen LogP contribution in [0.5, 0.6) is 0 Å². The number of piperidine rings is 1. The van der Waals surface area contributed by atoms with Crippen LogP contribution in [0.4, 0.5) is 11.4 Å². The summed E-state index contributed by atoms with van der Waals surface area (Å²) in [4.78, 5) is 24.9. The molecule has 1 aromatic carbocycles. The van der Waals surface area contributed by atoms with Crippen LogP contribution in [0.1, 0.15) is 37.0 Å². The first-order chi connectivity index (χ1) is 11.9. The molecule has 2 rings (SSSR count). The van der Waals surface area contributed by atoms with Gasteiger partial charge in [0, 0.05) is 44.5 Å². The van der Waals surface area contributed by atoms with Crippen molar-refractivity contribution in [3.63, 3.8) is 0 Å². The Hall–Kier alpha value is -2.15. The summed E-state index contributed by atoms with van der Waals surface area (Å²) >= 11 is 0. The summed E-state index contributed by atoms with van der Waals surface area (Å²) < 4.78 is 0. The summed E-state index contributed by atoms with van der Waals surface area (Å²) in [7, 11) is 1.52. The molecule has 0 spiro atoms. The van der Waals surface area contributed by atoms with E-state index in [4.69, 9.17) is 0 Å². The Labute approximate surface area is 148 Å². The maximum atomic E-state index is 12.0. The van der Waals surface area contributed by atoms with Gasteiger partial charge in [-0.25, -0.2) is 0 Å². The minimum atomic E-state index is -0.491. The number of nitro groups is 1. The van der Waals surface area contributed by atoms with Gasteiger partial charge in [-0.3, -0.25) is 14.9 Å². The predicted molar refractivity (Wildman–Crippen MR) is 99.0 cm³/mol. The average Bonchev–Trinajstić information content (AvgIpc) is 2.57. The van der Waals surface area contributed by atoms with E-state index in [1.54, 1.807) is 6.07 Å². The van der Waals surface area contributed by atoms with Gasteiger partial charge in [0.1, 0.15) is 0 Å². The van der Waals surface area contributed by atoms with Gasteiger partial charge >= 0.3 is 0 Å². The Balaban J connectivity index is 1.91. The number of rotatable bonds is 7. The second-order valence-electron chi connectivity index (χ2n) is 7.05. The quantitative estimate of drug-likeness (QED) is 0.449. The molecule has 0 aromatic heterocycles. The maximum absolute atomic E-state index is 12.0. The molecule has 1 amide bonds. The predicted octanol–water partition coefficient (Wildman–Crippen LogP) is 2.73. The van der Waals surface area contributed by atoms with Crippen molar-refractivity contribution in [3.8, 4) is 0 Å². The van der Waals surface area contributed by atoms with E-state index >= 15 is 0 Å². The van der Waals surface area contributed by atoms with Crippen molar-refractivity contribution in [3.05, 3.63) is 33.9 Å². The number of amides is 1. The Morgan fingerprint density at radius 3 is 2.60 bits per heavy atom. The highest BCUT2D eigenvalue weighted by Crippen LogP contribution is 2.23. The highest BCUT2D eigenvalue weighted by molar-refractivity contribution is 6.00. The minimum Gasteiger partial charge on any atom is -0.384 e. The number of anilines is 1. The summed E-state index contributed by atoms with van der Waals surface area (Å²) in [5, 5.41) is 16.7. The van der Waals surface area contributed by atoms with Crippen molar-refractivity contribution in [1.82, 2.24) is 10.2 Å². The number of nitrogens with zero attached hydrogens (tertiary/aromatic N) is 2. The maximum Gasteiger partial charge on any atom is 0.270 e. The van der Waals surface area contributed by atoms with E-state index < -0.39 is 4.92 Å². The first-order valence-corrected chi connectivity index (χ1v) is 8.87. The molecule has 1 aromatic rings. The smallest absolute Gasteiger partial charge is 0.270 e. The van der Waals surface area contributed by atoms with Crippen molar-refractivity contribution in [2.75, 3.05) is 38.5 Å². The highest BCUT2D eigenvalue weighted by atomic mass is 16.6. The van der Waals surface area contributed by atoms with E-state index in [9.17, 15) is 14.9 Å². The third kappa shape index (κ3) is 5.42. The third-order valence-electron chi connectivity index (χ3n) is 4.60. The first kappa shape index (κ1) is 19.2. The minimum absolute atomic E-state index is 0.0829. The van der Waals surface area contributed by atoms with Crippen LogP contribution in [0.2, 0.25) is 0 Å². The SMILES string of the molecule is CNC(=O)c1cc([N+](=O)[O-])ccc1NCCCN1CC(C)CC(C)C1. The van der Waals surface area contributed by atoms with Gasteiger partial charge in [-0.1, -0.05) is 13.8 Å². The van der Waals surface area contributed by atoms with Gasteiger partial charge in [-0.05, 0) is 37.3 Å². The summed E-state index contributed by atoms with van der Waals surface area (Å²) in [6.07, 6.45) is 2.26. The second kappa shape index (κ2) is 8.80. The highest BCUT2D eigenvalue weighted by Gasteiger charge is 2.21. The zero-order valence-electron chi connectivity index (χ0n) is 15.2. The number of nitrogens with one attached hydrogen (secondary N) is 2. The molecule has 2 unspecified atom stereocenters. The van der Waals surface area contributed by atoms with E-state index in [0.717, 1.165) is 44.4 Å². The monoisotopic (exact) mass is 348 g/mol. The average molecular weight is 348 g/mol. The molecule has 1 saturated heterocycles. The molecule has 1 fully saturated rings. The summed E-state index contributed by atoms with van der Waals surface area (Å²) in [5.74, 6) is 1.15. The third-order valence-corrected chi connectivity index (χ3v) is 4.60. The largest absolute Gasteiger partial charge is 0.384 e. The fraction of sp³-hybridized carbons (Fsp3) is 0.611. The normalized spacial score (nSPS) is 20.9. The second-order valence-corrected chi connectivity index (χ2v) is 7.05. The summed E-state index contributed by atoms with van der Waals surface area (Å²) in [6.45, 7) is 8.63. The molecule has 1 aliphatic rings.